The number of rotatable bonds is 3. The number of carbonyl (C=O) groups excluding carboxylic acids is 1. The SMILES string of the molecule is CC(N)C(C)C(=O)N1CCN(c2ncnc3c2cnn3C)CC1. The molecule has 0 spiro atoms. The van der Waals surface area contributed by atoms with E-state index in [2.05, 4.69) is 20.0 Å². The summed E-state index contributed by atoms with van der Waals surface area (Å²) in [5.74, 6) is 0.870. The maximum Gasteiger partial charge on any atom is 0.227 e. The average Bonchev–Trinajstić information content (AvgIpc) is 2.95. The lowest BCUT2D eigenvalue weighted by molar-refractivity contribution is -0.135. The van der Waals surface area contributed by atoms with Gasteiger partial charge in [0.05, 0.1) is 17.5 Å². The molecule has 0 bridgehead atoms. The molecule has 2 aromatic heterocycles. The molecule has 0 radical (unpaired) electrons. The highest BCUT2D eigenvalue weighted by molar-refractivity contribution is 5.87. The minimum atomic E-state index is -0.148. The van der Waals surface area contributed by atoms with E-state index in [9.17, 15) is 4.79 Å². The van der Waals surface area contributed by atoms with Crippen LogP contribution in [0.15, 0.2) is 12.5 Å². The quantitative estimate of drug-likeness (QED) is 0.856. The van der Waals surface area contributed by atoms with Gasteiger partial charge in [-0.15, -0.1) is 0 Å². The first-order valence-corrected chi connectivity index (χ1v) is 7.91. The zero-order valence-corrected chi connectivity index (χ0v) is 13.8. The highest BCUT2D eigenvalue weighted by atomic mass is 16.2. The molecule has 2 atom stereocenters. The summed E-state index contributed by atoms with van der Waals surface area (Å²) >= 11 is 0. The van der Waals surface area contributed by atoms with Crippen molar-refractivity contribution in [2.24, 2.45) is 18.7 Å². The molecule has 0 aromatic carbocycles. The Bertz CT molecular complexity index is 703. The third kappa shape index (κ3) is 2.86. The second-order valence-corrected chi connectivity index (χ2v) is 6.16. The first kappa shape index (κ1) is 15.7. The van der Waals surface area contributed by atoms with Gasteiger partial charge in [0, 0.05) is 39.3 Å². The molecule has 1 fully saturated rings. The van der Waals surface area contributed by atoms with Crippen LogP contribution in [0.3, 0.4) is 0 Å². The maximum absolute atomic E-state index is 12.4. The molecule has 3 heterocycles. The molecule has 2 unspecified atom stereocenters. The molecule has 0 saturated carbocycles. The first-order valence-electron chi connectivity index (χ1n) is 7.91. The van der Waals surface area contributed by atoms with Gasteiger partial charge in [0.1, 0.15) is 12.1 Å². The van der Waals surface area contributed by atoms with Crippen molar-refractivity contribution in [1.29, 1.82) is 0 Å². The Morgan fingerprint density at radius 1 is 1.22 bits per heavy atom. The lowest BCUT2D eigenvalue weighted by Gasteiger charge is -2.37. The Labute approximate surface area is 135 Å². The fraction of sp³-hybridized carbons (Fsp3) is 0.600. The van der Waals surface area contributed by atoms with Gasteiger partial charge in [0.2, 0.25) is 5.91 Å². The average molecular weight is 317 g/mol. The molecule has 8 heteroatoms. The van der Waals surface area contributed by atoms with Crippen LogP contribution in [0.2, 0.25) is 0 Å². The molecule has 124 valence electrons. The molecule has 1 saturated heterocycles. The summed E-state index contributed by atoms with van der Waals surface area (Å²) in [6.45, 7) is 6.63. The molecule has 2 N–H and O–H groups in total. The lowest BCUT2D eigenvalue weighted by Crippen LogP contribution is -2.52. The fourth-order valence-corrected chi connectivity index (χ4v) is 2.85. The van der Waals surface area contributed by atoms with Crippen molar-refractivity contribution >= 4 is 22.8 Å². The van der Waals surface area contributed by atoms with E-state index >= 15 is 0 Å². The number of fused-ring (bicyclic) bond motifs is 1. The molecule has 3 rings (SSSR count). The molecule has 1 aliphatic rings. The van der Waals surface area contributed by atoms with E-state index in [1.165, 1.54) is 0 Å². The smallest absolute Gasteiger partial charge is 0.227 e. The van der Waals surface area contributed by atoms with Crippen LogP contribution in [0.1, 0.15) is 13.8 Å². The van der Waals surface area contributed by atoms with Crippen molar-refractivity contribution in [3.8, 4) is 0 Å². The molecular weight excluding hydrogens is 294 g/mol. The van der Waals surface area contributed by atoms with E-state index < -0.39 is 0 Å². The van der Waals surface area contributed by atoms with Crippen LogP contribution in [0.25, 0.3) is 11.0 Å². The number of hydrogen-bond acceptors (Lipinski definition) is 6. The van der Waals surface area contributed by atoms with Crippen molar-refractivity contribution in [2.75, 3.05) is 31.1 Å². The molecule has 23 heavy (non-hydrogen) atoms. The van der Waals surface area contributed by atoms with Gasteiger partial charge in [0.25, 0.3) is 0 Å². The van der Waals surface area contributed by atoms with Gasteiger partial charge in [-0.1, -0.05) is 6.92 Å². The summed E-state index contributed by atoms with van der Waals surface area (Å²) < 4.78 is 1.74. The van der Waals surface area contributed by atoms with Gasteiger partial charge >= 0.3 is 0 Å². The Kier molecular flexibility index (Phi) is 4.16. The topological polar surface area (TPSA) is 93.2 Å². The minimum absolute atomic E-state index is 0.127. The van der Waals surface area contributed by atoms with E-state index in [-0.39, 0.29) is 17.9 Å². The van der Waals surface area contributed by atoms with E-state index in [0.717, 1.165) is 29.9 Å². The number of amides is 1. The standard InChI is InChI=1S/C15H23N7O/c1-10(11(2)16)15(23)22-6-4-21(5-7-22)14-12-8-19-20(3)13(12)17-9-18-14/h8-11H,4-7,16H2,1-3H3. The van der Waals surface area contributed by atoms with Crippen LogP contribution < -0.4 is 10.6 Å². The zero-order valence-electron chi connectivity index (χ0n) is 13.8. The Balaban J connectivity index is 1.72. The van der Waals surface area contributed by atoms with Crippen LogP contribution in [0, 0.1) is 5.92 Å². The molecule has 1 amide bonds. The van der Waals surface area contributed by atoms with Crippen molar-refractivity contribution < 1.29 is 4.79 Å². The summed E-state index contributed by atoms with van der Waals surface area (Å²) in [5.41, 5.74) is 6.66. The number of piperazine rings is 1. The van der Waals surface area contributed by atoms with Crippen LogP contribution in [-0.4, -0.2) is 62.8 Å². The largest absolute Gasteiger partial charge is 0.352 e. The third-order valence-electron chi connectivity index (χ3n) is 4.58. The maximum atomic E-state index is 12.4. The number of anilines is 1. The van der Waals surface area contributed by atoms with Crippen molar-refractivity contribution in [1.82, 2.24) is 24.6 Å². The Morgan fingerprint density at radius 3 is 2.57 bits per heavy atom. The summed E-state index contributed by atoms with van der Waals surface area (Å²) in [6, 6.07) is -0.127. The number of hydrogen-bond donors (Lipinski definition) is 1. The van der Waals surface area contributed by atoms with Gasteiger partial charge in [-0.3, -0.25) is 9.48 Å². The number of carbonyl (C=O) groups is 1. The van der Waals surface area contributed by atoms with E-state index in [0.29, 0.717) is 13.1 Å². The second-order valence-electron chi connectivity index (χ2n) is 6.16. The van der Waals surface area contributed by atoms with Gasteiger partial charge < -0.3 is 15.5 Å². The van der Waals surface area contributed by atoms with Crippen LogP contribution in [-0.2, 0) is 11.8 Å². The predicted molar refractivity (Wildman–Crippen MR) is 87.9 cm³/mol. The van der Waals surface area contributed by atoms with Crippen LogP contribution in [0.5, 0.6) is 0 Å². The van der Waals surface area contributed by atoms with E-state index in [1.807, 2.05) is 25.8 Å². The van der Waals surface area contributed by atoms with Crippen LogP contribution in [0.4, 0.5) is 5.82 Å². The lowest BCUT2D eigenvalue weighted by atomic mass is 10.0. The summed E-state index contributed by atoms with van der Waals surface area (Å²) in [7, 11) is 1.87. The molecule has 1 aliphatic heterocycles. The van der Waals surface area contributed by atoms with E-state index in [4.69, 9.17) is 5.73 Å². The number of aromatic nitrogens is 4. The third-order valence-corrected chi connectivity index (χ3v) is 4.58. The zero-order chi connectivity index (χ0) is 16.6. The number of nitrogens with two attached hydrogens (primary N) is 1. The summed E-state index contributed by atoms with van der Waals surface area (Å²) in [4.78, 5) is 25.1. The fourth-order valence-electron chi connectivity index (χ4n) is 2.85. The molecule has 0 aliphatic carbocycles. The Hall–Kier alpha value is -2.22. The molecular formula is C15H23N7O. The second kappa shape index (κ2) is 6.11. The number of nitrogens with zero attached hydrogens (tertiary/aromatic N) is 6. The first-order chi connectivity index (χ1) is 11.0. The van der Waals surface area contributed by atoms with Gasteiger partial charge in [-0.25, -0.2) is 9.97 Å². The summed E-state index contributed by atoms with van der Waals surface area (Å²) in [5, 5.41) is 5.19. The molecule has 2 aromatic rings. The van der Waals surface area contributed by atoms with E-state index in [1.54, 1.807) is 17.2 Å². The van der Waals surface area contributed by atoms with Crippen molar-refractivity contribution in [3.63, 3.8) is 0 Å². The Morgan fingerprint density at radius 2 is 1.91 bits per heavy atom. The predicted octanol–water partition coefficient (Wildman–Crippen LogP) is -0.00480. The normalized spacial score (nSPS) is 18.3. The monoisotopic (exact) mass is 317 g/mol. The summed E-state index contributed by atoms with van der Waals surface area (Å²) in [6.07, 6.45) is 3.36. The minimum Gasteiger partial charge on any atom is -0.352 e. The van der Waals surface area contributed by atoms with Gasteiger partial charge in [-0.05, 0) is 6.92 Å². The van der Waals surface area contributed by atoms with Gasteiger partial charge in [0.15, 0.2) is 5.65 Å². The highest BCUT2D eigenvalue weighted by Gasteiger charge is 2.27. The van der Waals surface area contributed by atoms with Crippen molar-refractivity contribution in [3.05, 3.63) is 12.5 Å². The number of aryl methyl sites for hydroxylation is 1. The highest BCUT2D eigenvalue weighted by Crippen LogP contribution is 2.23. The molecule has 8 nitrogen and oxygen atoms in total. The van der Waals surface area contributed by atoms with Crippen molar-refractivity contribution in [2.45, 2.75) is 19.9 Å². The van der Waals surface area contributed by atoms with Crippen LogP contribution >= 0.6 is 0 Å². The van der Waals surface area contributed by atoms with Gasteiger partial charge in [-0.2, -0.15) is 5.10 Å².